The van der Waals surface area contributed by atoms with E-state index in [4.69, 9.17) is 4.42 Å². The Bertz CT molecular complexity index is 441. The van der Waals surface area contributed by atoms with Gasteiger partial charge in [0.25, 0.3) is 0 Å². The molecule has 0 aliphatic carbocycles. The van der Waals surface area contributed by atoms with Crippen molar-refractivity contribution in [3.63, 3.8) is 0 Å². The lowest BCUT2D eigenvalue weighted by molar-refractivity contribution is 0.192. The highest BCUT2D eigenvalue weighted by atomic mass is 127. The summed E-state index contributed by atoms with van der Waals surface area (Å²) < 4.78 is 5.34. The highest BCUT2D eigenvalue weighted by Crippen LogP contribution is 2.17. The second-order valence-electron chi connectivity index (χ2n) is 6.21. The van der Waals surface area contributed by atoms with Crippen molar-refractivity contribution in [2.75, 3.05) is 26.2 Å². The topological polar surface area (TPSA) is 52.8 Å². The predicted octanol–water partition coefficient (Wildman–Crippen LogP) is 3.07. The Kier molecular flexibility index (Phi) is 9.62. The van der Waals surface area contributed by atoms with Gasteiger partial charge >= 0.3 is 0 Å². The fourth-order valence-corrected chi connectivity index (χ4v) is 2.96. The van der Waals surface area contributed by atoms with Gasteiger partial charge in [-0.3, -0.25) is 4.90 Å². The Morgan fingerprint density at radius 1 is 1.30 bits per heavy atom. The molecule has 0 radical (unpaired) electrons. The van der Waals surface area contributed by atoms with Gasteiger partial charge in [0.2, 0.25) is 0 Å². The Labute approximate surface area is 157 Å². The largest absolute Gasteiger partial charge is 0.467 e. The highest BCUT2D eigenvalue weighted by Gasteiger charge is 2.24. The van der Waals surface area contributed by atoms with E-state index in [0.29, 0.717) is 18.5 Å². The van der Waals surface area contributed by atoms with Crippen molar-refractivity contribution >= 4 is 29.9 Å². The van der Waals surface area contributed by atoms with E-state index in [0.717, 1.165) is 24.8 Å². The van der Waals surface area contributed by atoms with E-state index >= 15 is 0 Å². The van der Waals surface area contributed by atoms with E-state index < -0.39 is 0 Å². The number of hydrogen-bond donors (Lipinski definition) is 2. The van der Waals surface area contributed by atoms with Crippen LogP contribution in [0.5, 0.6) is 0 Å². The molecule has 5 nitrogen and oxygen atoms in total. The van der Waals surface area contributed by atoms with E-state index in [9.17, 15) is 0 Å². The Morgan fingerprint density at radius 2 is 2.04 bits per heavy atom. The minimum atomic E-state index is 0. The van der Waals surface area contributed by atoms with Crippen molar-refractivity contribution < 1.29 is 4.42 Å². The number of guanidine groups is 1. The highest BCUT2D eigenvalue weighted by molar-refractivity contribution is 14.0. The maximum atomic E-state index is 5.34. The molecule has 6 heteroatoms. The zero-order valence-corrected chi connectivity index (χ0v) is 16.9. The fraction of sp³-hybridized carbons (Fsp3) is 0.706. The van der Waals surface area contributed by atoms with Crippen molar-refractivity contribution in [3.8, 4) is 0 Å². The molecule has 2 heterocycles. The molecule has 23 heavy (non-hydrogen) atoms. The zero-order valence-electron chi connectivity index (χ0n) is 14.5. The minimum absolute atomic E-state index is 0. The molecule has 1 aliphatic heterocycles. The van der Waals surface area contributed by atoms with Crippen LogP contribution in [0.4, 0.5) is 0 Å². The van der Waals surface area contributed by atoms with E-state index in [1.807, 2.05) is 12.1 Å². The molecule has 1 aliphatic rings. The van der Waals surface area contributed by atoms with Crippen molar-refractivity contribution in [1.29, 1.82) is 0 Å². The second kappa shape index (κ2) is 10.9. The summed E-state index contributed by atoms with van der Waals surface area (Å²) >= 11 is 0. The lowest BCUT2D eigenvalue weighted by atomic mass is 10.0. The molecule has 1 aromatic heterocycles. The van der Waals surface area contributed by atoms with Crippen LogP contribution in [0, 0.1) is 5.92 Å². The van der Waals surface area contributed by atoms with Gasteiger partial charge in [0, 0.05) is 19.1 Å². The third-order valence-electron chi connectivity index (χ3n) is 4.18. The van der Waals surface area contributed by atoms with Gasteiger partial charge in [-0.1, -0.05) is 13.8 Å². The first kappa shape index (κ1) is 20.3. The number of furan rings is 1. The summed E-state index contributed by atoms with van der Waals surface area (Å²) in [7, 11) is 0. The number of aliphatic imine (C=N–C) groups is 1. The number of rotatable bonds is 7. The van der Waals surface area contributed by atoms with Crippen LogP contribution >= 0.6 is 24.0 Å². The SMILES string of the molecule is CCNC(=NCc1ccco1)NCC(C(C)C)N1CCCC1.I. The van der Waals surface area contributed by atoms with Crippen LogP contribution in [0.15, 0.2) is 27.8 Å². The van der Waals surface area contributed by atoms with Crippen LogP contribution in [0.25, 0.3) is 0 Å². The molecule has 1 aromatic rings. The maximum absolute atomic E-state index is 5.34. The molecule has 0 bridgehead atoms. The first-order valence-electron chi connectivity index (χ1n) is 8.49. The van der Waals surface area contributed by atoms with Gasteiger partial charge in [0.15, 0.2) is 5.96 Å². The molecule has 0 spiro atoms. The fourth-order valence-electron chi connectivity index (χ4n) is 2.96. The first-order valence-corrected chi connectivity index (χ1v) is 8.49. The van der Waals surface area contributed by atoms with Gasteiger partial charge in [-0.25, -0.2) is 4.99 Å². The predicted molar refractivity (Wildman–Crippen MR) is 106 cm³/mol. The molecule has 0 amide bonds. The van der Waals surface area contributed by atoms with Crippen molar-refractivity contribution in [3.05, 3.63) is 24.2 Å². The van der Waals surface area contributed by atoms with E-state index in [-0.39, 0.29) is 24.0 Å². The molecule has 1 fully saturated rings. The number of likely N-dealkylation sites (tertiary alicyclic amines) is 1. The summed E-state index contributed by atoms with van der Waals surface area (Å²) in [4.78, 5) is 7.20. The zero-order chi connectivity index (χ0) is 15.8. The smallest absolute Gasteiger partial charge is 0.191 e. The summed E-state index contributed by atoms with van der Waals surface area (Å²) in [6.45, 7) is 11.5. The molecule has 0 saturated carbocycles. The first-order chi connectivity index (χ1) is 10.7. The van der Waals surface area contributed by atoms with Crippen LogP contribution in [0.3, 0.4) is 0 Å². The second-order valence-corrected chi connectivity index (χ2v) is 6.21. The summed E-state index contributed by atoms with van der Waals surface area (Å²) in [5.74, 6) is 2.39. The van der Waals surface area contributed by atoms with Gasteiger partial charge in [-0.2, -0.15) is 0 Å². The number of nitrogens with one attached hydrogen (secondary N) is 2. The Morgan fingerprint density at radius 3 is 2.61 bits per heavy atom. The standard InChI is InChI=1S/C17H30N4O.HI/c1-4-18-17(19-12-15-8-7-11-22-15)20-13-16(14(2)3)21-9-5-6-10-21;/h7-8,11,14,16H,4-6,9-10,12-13H2,1-3H3,(H2,18,19,20);1H. The molecule has 2 rings (SSSR count). The molecule has 1 unspecified atom stereocenters. The van der Waals surface area contributed by atoms with Crippen molar-refractivity contribution in [1.82, 2.24) is 15.5 Å². The number of nitrogens with zero attached hydrogens (tertiary/aromatic N) is 2. The molecular formula is C17H31IN4O. The average molecular weight is 434 g/mol. The lowest BCUT2D eigenvalue weighted by Gasteiger charge is -2.31. The van der Waals surface area contributed by atoms with Crippen LogP contribution in [-0.2, 0) is 6.54 Å². The van der Waals surface area contributed by atoms with Gasteiger partial charge in [-0.15, -0.1) is 24.0 Å². The van der Waals surface area contributed by atoms with Crippen LogP contribution in [-0.4, -0.2) is 43.1 Å². The van der Waals surface area contributed by atoms with Gasteiger partial charge in [0.1, 0.15) is 12.3 Å². The Hall–Kier alpha value is -0.760. The maximum Gasteiger partial charge on any atom is 0.191 e. The third kappa shape index (κ3) is 6.71. The van der Waals surface area contributed by atoms with E-state index in [2.05, 4.69) is 41.3 Å². The summed E-state index contributed by atoms with van der Waals surface area (Å²) in [5, 5.41) is 6.81. The van der Waals surface area contributed by atoms with Crippen LogP contribution in [0.2, 0.25) is 0 Å². The number of hydrogen-bond acceptors (Lipinski definition) is 3. The monoisotopic (exact) mass is 434 g/mol. The molecule has 0 aromatic carbocycles. The molecule has 2 N–H and O–H groups in total. The summed E-state index contributed by atoms with van der Waals surface area (Å²) in [6.07, 6.45) is 4.35. The lowest BCUT2D eigenvalue weighted by Crippen LogP contribution is -2.48. The average Bonchev–Trinajstić information content (AvgIpc) is 3.18. The molecule has 1 atom stereocenters. The van der Waals surface area contributed by atoms with Gasteiger partial charge < -0.3 is 15.1 Å². The normalized spacial score (nSPS) is 17.1. The molecule has 132 valence electrons. The quantitative estimate of drug-likeness (QED) is 0.394. The summed E-state index contributed by atoms with van der Waals surface area (Å²) in [6, 6.07) is 4.41. The van der Waals surface area contributed by atoms with Gasteiger partial charge in [-0.05, 0) is 50.9 Å². The third-order valence-corrected chi connectivity index (χ3v) is 4.18. The number of halogens is 1. The minimum Gasteiger partial charge on any atom is -0.467 e. The van der Waals surface area contributed by atoms with Gasteiger partial charge in [0.05, 0.1) is 6.26 Å². The van der Waals surface area contributed by atoms with E-state index in [1.54, 1.807) is 6.26 Å². The summed E-state index contributed by atoms with van der Waals surface area (Å²) in [5.41, 5.74) is 0. The van der Waals surface area contributed by atoms with Crippen molar-refractivity contribution in [2.45, 2.75) is 46.2 Å². The van der Waals surface area contributed by atoms with Crippen LogP contribution in [0.1, 0.15) is 39.4 Å². The van der Waals surface area contributed by atoms with Crippen molar-refractivity contribution in [2.24, 2.45) is 10.9 Å². The van der Waals surface area contributed by atoms with Crippen LogP contribution < -0.4 is 10.6 Å². The van der Waals surface area contributed by atoms with E-state index in [1.165, 1.54) is 25.9 Å². The molecule has 1 saturated heterocycles. The molecular weight excluding hydrogens is 403 g/mol. The Balaban J connectivity index is 0.00000264.